The first-order valence-electron chi connectivity index (χ1n) is 10.1. The molecule has 0 radical (unpaired) electrons. The van der Waals surface area contributed by atoms with Crippen molar-refractivity contribution in [3.63, 3.8) is 0 Å². The van der Waals surface area contributed by atoms with Gasteiger partial charge in [-0.3, -0.25) is 4.98 Å². The highest BCUT2D eigenvalue weighted by atomic mass is 16.6. The van der Waals surface area contributed by atoms with Gasteiger partial charge in [0.1, 0.15) is 17.0 Å². The van der Waals surface area contributed by atoms with Crippen LogP contribution in [0, 0.1) is 6.92 Å². The molecule has 2 aromatic heterocycles. The molecule has 0 atom stereocenters. The van der Waals surface area contributed by atoms with Crippen LogP contribution in [0.3, 0.4) is 0 Å². The van der Waals surface area contributed by atoms with Crippen LogP contribution in [-0.4, -0.2) is 44.8 Å². The van der Waals surface area contributed by atoms with Crippen molar-refractivity contribution in [2.45, 2.75) is 66.3 Å². The van der Waals surface area contributed by atoms with E-state index in [2.05, 4.69) is 15.3 Å². The Morgan fingerprint density at radius 1 is 1.19 bits per heavy atom. The number of nitrogens with zero attached hydrogens (tertiary/aromatic N) is 1. The van der Waals surface area contributed by atoms with Crippen LogP contribution in [-0.2, 0) is 35.6 Å². The molecule has 2 heterocycles. The van der Waals surface area contributed by atoms with E-state index in [1.54, 1.807) is 27.7 Å². The number of aryl methyl sites for hydroxylation is 1. The van der Waals surface area contributed by atoms with E-state index in [1.807, 2.05) is 6.92 Å². The summed E-state index contributed by atoms with van der Waals surface area (Å²) in [6.07, 6.45) is 1.94. The smallest absolute Gasteiger partial charge is 0.355 e. The Bertz CT molecular complexity index is 959. The Morgan fingerprint density at radius 2 is 1.87 bits per heavy atom. The van der Waals surface area contributed by atoms with E-state index in [9.17, 15) is 19.8 Å². The van der Waals surface area contributed by atoms with E-state index in [0.29, 0.717) is 34.5 Å². The maximum atomic E-state index is 12.7. The molecule has 0 spiro atoms. The predicted octanol–water partition coefficient (Wildman–Crippen LogP) is 2.51. The van der Waals surface area contributed by atoms with E-state index in [1.165, 1.54) is 13.3 Å². The van der Waals surface area contributed by atoms with Gasteiger partial charge in [0.2, 0.25) is 0 Å². The van der Waals surface area contributed by atoms with Crippen molar-refractivity contribution < 1.29 is 29.3 Å². The van der Waals surface area contributed by atoms with Gasteiger partial charge >= 0.3 is 11.9 Å². The van der Waals surface area contributed by atoms with Crippen molar-refractivity contribution in [1.29, 1.82) is 0 Å². The second-order valence-electron chi connectivity index (χ2n) is 8.14. The molecule has 0 aliphatic heterocycles. The molecular weight excluding hydrogens is 402 g/mol. The van der Waals surface area contributed by atoms with Gasteiger partial charge in [-0.2, -0.15) is 0 Å². The number of aliphatic hydroxyl groups excluding tert-OH is 1. The summed E-state index contributed by atoms with van der Waals surface area (Å²) in [5.41, 5.74) is 2.28. The molecule has 9 heteroatoms. The number of hydrogen-bond donors (Lipinski definition) is 4. The van der Waals surface area contributed by atoms with Crippen LogP contribution in [0.25, 0.3) is 0 Å². The van der Waals surface area contributed by atoms with Gasteiger partial charge in [0.25, 0.3) is 0 Å². The fraction of sp³-hybridized carbons (Fsp3) is 0.500. The molecule has 0 saturated heterocycles. The quantitative estimate of drug-likeness (QED) is 0.467. The minimum absolute atomic E-state index is 0.00224. The number of rotatable bonds is 8. The molecule has 4 N–H and O–H groups in total. The SMILES string of the molecule is CCc1c(C(=O)OC(C)(C)C)[nH]c(CNCc2c(CO)cnc(C)c2O)c1C(=O)OC. The predicted molar refractivity (Wildman–Crippen MR) is 114 cm³/mol. The number of aromatic nitrogens is 2. The monoisotopic (exact) mass is 433 g/mol. The van der Waals surface area contributed by atoms with Crippen LogP contribution >= 0.6 is 0 Å². The lowest BCUT2D eigenvalue weighted by Gasteiger charge is -2.19. The van der Waals surface area contributed by atoms with Crippen molar-refractivity contribution >= 4 is 11.9 Å². The molecule has 0 amide bonds. The molecule has 31 heavy (non-hydrogen) atoms. The van der Waals surface area contributed by atoms with E-state index in [4.69, 9.17) is 9.47 Å². The maximum Gasteiger partial charge on any atom is 0.355 e. The second-order valence-corrected chi connectivity index (χ2v) is 8.14. The van der Waals surface area contributed by atoms with Crippen LogP contribution in [0.15, 0.2) is 6.20 Å². The molecular formula is C22H31N3O6. The highest BCUT2D eigenvalue weighted by Gasteiger charge is 2.28. The molecule has 2 aromatic rings. The Labute approximate surface area is 181 Å². The number of carbonyl (C=O) groups excluding carboxylic acids is 2. The maximum absolute atomic E-state index is 12.7. The van der Waals surface area contributed by atoms with Crippen molar-refractivity contribution in [3.05, 3.63) is 45.5 Å². The molecule has 0 saturated carbocycles. The number of aromatic amines is 1. The highest BCUT2D eigenvalue weighted by Crippen LogP contribution is 2.26. The summed E-state index contributed by atoms with van der Waals surface area (Å²) < 4.78 is 10.4. The molecule has 0 fully saturated rings. The molecule has 0 aliphatic rings. The van der Waals surface area contributed by atoms with Gasteiger partial charge in [-0.15, -0.1) is 0 Å². The number of ether oxygens (including phenoxy) is 2. The van der Waals surface area contributed by atoms with E-state index < -0.39 is 17.5 Å². The third kappa shape index (κ3) is 5.62. The van der Waals surface area contributed by atoms with E-state index >= 15 is 0 Å². The fourth-order valence-corrected chi connectivity index (χ4v) is 3.26. The van der Waals surface area contributed by atoms with E-state index in [0.717, 1.165) is 0 Å². The molecule has 0 aliphatic carbocycles. The van der Waals surface area contributed by atoms with Crippen molar-refractivity contribution in [1.82, 2.24) is 15.3 Å². The van der Waals surface area contributed by atoms with Gasteiger partial charge in [0.15, 0.2) is 0 Å². The standard InChI is InChI=1S/C22H31N3O6/c1-7-14-17(20(28)30-6)16(25-18(14)21(29)31-22(3,4)5)10-23-9-15-13(11-26)8-24-12(2)19(15)27/h8,23,25-27H,7,9-11H2,1-6H3. The number of aliphatic hydroxyl groups is 1. The van der Waals surface area contributed by atoms with Gasteiger partial charge in [-0.05, 0) is 39.7 Å². The Balaban J connectivity index is 2.35. The zero-order chi connectivity index (χ0) is 23.3. The van der Waals surface area contributed by atoms with Gasteiger partial charge < -0.3 is 30.0 Å². The highest BCUT2D eigenvalue weighted by molar-refractivity contribution is 5.98. The molecule has 0 unspecified atom stereocenters. The van der Waals surface area contributed by atoms with Crippen molar-refractivity contribution in [2.75, 3.05) is 7.11 Å². The van der Waals surface area contributed by atoms with Crippen LogP contribution in [0.2, 0.25) is 0 Å². The molecule has 0 bridgehead atoms. The Morgan fingerprint density at radius 3 is 2.42 bits per heavy atom. The topological polar surface area (TPSA) is 134 Å². The summed E-state index contributed by atoms with van der Waals surface area (Å²) in [7, 11) is 1.28. The first-order chi connectivity index (χ1) is 14.5. The summed E-state index contributed by atoms with van der Waals surface area (Å²) in [5.74, 6) is -1.11. The summed E-state index contributed by atoms with van der Waals surface area (Å²) in [6.45, 7) is 8.95. The largest absolute Gasteiger partial charge is 0.506 e. The molecule has 0 aromatic carbocycles. The summed E-state index contributed by atoms with van der Waals surface area (Å²) in [5, 5.41) is 23.0. The summed E-state index contributed by atoms with van der Waals surface area (Å²) in [4.78, 5) is 32.2. The minimum Gasteiger partial charge on any atom is -0.506 e. The second kappa shape index (κ2) is 9.93. The van der Waals surface area contributed by atoms with Gasteiger partial charge in [-0.1, -0.05) is 6.92 Å². The first kappa shape index (κ1) is 24.4. The summed E-state index contributed by atoms with van der Waals surface area (Å²) >= 11 is 0. The van der Waals surface area contributed by atoms with Crippen LogP contribution < -0.4 is 5.32 Å². The Kier molecular flexibility index (Phi) is 7.80. The zero-order valence-electron chi connectivity index (χ0n) is 18.9. The molecule has 2 rings (SSSR count). The average Bonchev–Trinajstić information content (AvgIpc) is 3.08. The average molecular weight is 434 g/mol. The van der Waals surface area contributed by atoms with Gasteiger partial charge in [0, 0.05) is 36.1 Å². The van der Waals surface area contributed by atoms with Gasteiger partial charge in [-0.25, -0.2) is 9.59 Å². The van der Waals surface area contributed by atoms with Crippen LogP contribution in [0.5, 0.6) is 5.75 Å². The third-order valence-corrected chi connectivity index (χ3v) is 4.73. The minimum atomic E-state index is -0.686. The number of H-pyrrole nitrogens is 1. The lowest BCUT2D eigenvalue weighted by atomic mass is 10.1. The lowest BCUT2D eigenvalue weighted by Crippen LogP contribution is -2.24. The number of methoxy groups -OCH3 is 1. The van der Waals surface area contributed by atoms with Crippen LogP contribution in [0.4, 0.5) is 0 Å². The first-order valence-corrected chi connectivity index (χ1v) is 10.1. The zero-order valence-corrected chi connectivity index (χ0v) is 18.9. The normalized spacial score (nSPS) is 11.5. The third-order valence-electron chi connectivity index (χ3n) is 4.73. The lowest BCUT2D eigenvalue weighted by molar-refractivity contribution is 0.00621. The van der Waals surface area contributed by atoms with E-state index in [-0.39, 0.29) is 36.7 Å². The summed E-state index contributed by atoms with van der Waals surface area (Å²) in [6, 6.07) is 0. The number of pyridine rings is 1. The van der Waals surface area contributed by atoms with Gasteiger partial charge in [0.05, 0.1) is 25.0 Å². The number of nitrogens with one attached hydrogen (secondary N) is 2. The number of hydrogen-bond acceptors (Lipinski definition) is 8. The number of aromatic hydroxyl groups is 1. The fourth-order valence-electron chi connectivity index (χ4n) is 3.26. The molecule has 170 valence electrons. The van der Waals surface area contributed by atoms with Crippen molar-refractivity contribution in [3.8, 4) is 5.75 Å². The number of esters is 2. The Hall–Kier alpha value is -2.91. The van der Waals surface area contributed by atoms with Crippen LogP contribution in [0.1, 0.15) is 76.6 Å². The van der Waals surface area contributed by atoms with Crippen molar-refractivity contribution in [2.24, 2.45) is 0 Å². The molecule has 9 nitrogen and oxygen atoms in total. The number of carbonyl (C=O) groups is 2.